The Balaban J connectivity index is 0.00000300. The molecule has 0 saturated carbocycles. The second kappa shape index (κ2) is 13.0. The SMILES string of the molecule is CCNC(=NCC(=O)N1CCc2ccccc21)NCCCOCC1CCCO1.I. The number of anilines is 1. The lowest BCUT2D eigenvalue weighted by atomic mass is 10.2. The van der Waals surface area contributed by atoms with Gasteiger partial charge in [0.05, 0.1) is 12.7 Å². The molecule has 0 bridgehead atoms. The molecule has 1 fully saturated rings. The molecule has 2 heterocycles. The van der Waals surface area contributed by atoms with Gasteiger partial charge < -0.3 is 25.0 Å². The minimum atomic E-state index is 0. The minimum absolute atomic E-state index is 0. The zero-order chi connectivity index (χ0) is 19.6. The van der Waals surface area contributed by atoms with Gasteiger partial charge in [-0.25, -0.2) is 4.99 Å². The molecule has 0 spiro atoms. The van der Waals surface area contributed by atoms with Gasteiger partial charge in [0.2, 0.25) is 5.91 Å². The molecule has 1 aromatic rings. The number of guanidine groups is 1. The van der Waals surface area contributed by atoms with Gasteiger partial charge in [-0.15, -0.1) is 24.0 Å². The number of para-hydroxylation sites is 1. The lowest BCUT2D eigenvalue weighted by molar-refractivity contribution is -0.117. The van der Waals surface area contributed by atoms with Crippen LogP contribution in [-0.4, -0.2) is 64.0 Å². The highest BCUT2D eigenvalue weighted by Crippen LogP contribution is 2.27. The van der Waals surface area contributed by atoms with E-state index in [1.165, 1.54) is 5.56 Å². The molecule has 2 N–H and O–H groups in total. The number of carbonyl (C=O) groups excluding carboxylic acids is 1. The molecule has 162 valence electrons. The number of hydrogen-bond acceptors (Lipinski definition) is 4. The summed E-state index contributed by atoms with van der Waals surface area (Å²) in [6.45, 7) is 6.62. The van der Waals surface area contributed by atoms with Crippen LogP contribution in [0.5, 0.6) is 0 Å². The Morgan fingerprint density at radius 3 is 3.00 bits per heavy atom. The number of halogens is 1. The average molecular weight is 516 g/mol. The Morgan fingerprint density at radius 2 is 2.21 bits per heavy atom. The van der Waals surface area contributed by atoms with Gasteiger partial charge in [0, 0.05) is 38.5 Å². The fourth-order valence-electron chi connectivity index (χ4n) is 3.54. The van der Waals surface area contributed by atoms with Crippen molar-refractivity contribution in [1.82, 2.24) is 10.6 Å². The standard InChI is InChI=1S/C21H32N4O3.HI/c1-2-22-21(23-11-6-13-27-16-18-8-5-14-28-18)24-15-20(26)25-12-10-17-7-3-4-9-19(17)25;/h3-4,7,9,18H,2,5-6,8,10-16H2,1H3,(H2,22,23,24);1H. The fraction of sp³-hybridized carbons (Fsp3) is 0.619. The summed E-state index contributed by atoms with van der Waals surface area (Å²) in [5, 5.41) is 6.46. The Hall–Kier alpha value is -1.39. The van der Waals surface area contributed by atoms with E-state index in [9.17, 15) is 4.79 Å². The summed E-state index contributed by atoms with van der Waals surface area (Å²) in [6, 6.07) is 8.07. The quantitative estimate of drug-likeness (QED) is 0.228. The number of aliphatic imine (C=N–C) groups is 1. The molecule has 1 amide bonds. The summed E-state index contributed by atoms with van der Waals surface area (Å²) >= 11 is 0. The topological polar surface area (TPSA) is 75.2 Å². The van der Waals surface area contributed by atoms with Crippen molar-refractivity contribution >= 4 is 41.5 Å². The van der Waals surface area contributed by atoms with Crippen molar-refractivity contribution in [3.05, 3.63) is 29.8 Å². The summed E-state index contributed by atoms with van der Waals surface area (Å²) in [5.74, 6) is 0.699. The van der Waals surface area contributed by atoms with Crippen molar-refractivity contribution in [3.8, 4) is 0 Å². The first-order chi connectivity index (χ1) is 13.8. The van der Waals surface area contributed by atoms with Gasteiger partial charge in [-0.2, -0.15) is 0 Å². The van der Waals surface area contributed by atoms with E-state index in [1.54, 1.807) is 0 Å². The van der Waals surface area contributed by atoms with Crippen LogP contribution in [0.1, 0.15) is 31.7 Å². The number of ether oxygens (including phenoxy) is 2. The summed E-state index contributed by atoms with van der Waals surface area (Å²) in [5.41, 5.74) is 2.25. The third kappa shape index (κ3) is 7.42. The Labute approximate surface area is 190 Å². The molecule has 1 atom stereocenters. The summed E-state index contributed by atoms with van der Waals surface area (Å²) in [7, 11) is 0. The molecule has 8 heteroatoms. The van der Waals surface area contributed by atoms with Gasteiger partial charge in [0.25, 0.3) is 0 Å². The third-order valence-electron chi connectivity index (χ3n) is 4.99. The molecular weight excluding hydrogens is 483 g/mol. The first-order valence-electron chi connectivity index (χ1n) is 10.4. The van der Waals surface area contributed by atoms with Gasteiger partial charge in [-0.05, 0) is 44.2 Å². The Bertz CT molecular complexity index is 665. The number of benzene rings is 1. The third-order valence-corrected chi connectivity index (χ3v) is 4.99. The summed E-state index contributed by atoms with van der Waals surface area (Å²) in [6.07, 6.45) is 4.30. The van der Waals surface area contributed by atoms with E-state index in [1.807, 2.05) is 30.0 Å². The molecule has 0 aromatic heterocycles. The molecule has 29 heavy (non-hydrogen) atoms. The lowest BCUT2D eigenvalue weighted by Gasteiger charge is -2.17. The molecular formula is C21H33IN4O3. The number of amides is 1. The zero-order valence-corrected chi connectivity index (χ0v) is 19.5. The monoisotopic (exact) mass is 516 g/mol. The van der Waals surface area contributed by atoms with E-state index in [-0.39, 0.29) is 42.5 Å². The zero-order valence-electron chi connectivity index (χ0n) is 17.2. The van der Waals surface area contributed by atoms with Crippen LogP contribution in [0, 0.1) is 0 Å². The van der Waals surface area contributed by atoms with E-state index in [4.69, 9.17) is 9.47 Å². The molecule has 7 nitrogen and oxygen atoms in total. The Morgan fingerprint density at radius 1 is 1.34 bits per heavy atom. The van der Waals surface area contributed by atoms with Crippen molar-refractivity contribution in [2.24, 2.45) is 4.99 Å². The number of nitrogens with zero attached hydrogens (tertiary/aromatic N) is 2. The molecule has 2 aliphatic rings. The van der Waals surface area contributed by atoms with E-state index in [0.717, 1.165) is 57.6 Å². The van der Waals surface area contributed by atoms with Gasteiger partial charge in [-0.1, -0.05) is 18.2 Å². The maximum Gasteiger partial charge on any atom is 0.248 e. The second-order valence-electron chi connectivity index (χ2n) is 7.11. The number of carbonyl (C=O) groups is 1. The predicted molar refractivity (Wildman–Crippen MR) is 126 cm³/mol. The molecule has 2 aliphatic heterocycles. The van der Waals surface area contributed by atoms with Crippen LogP contribution in [0.2, 0.25) is 0 Å². The van der Waals surface area contributed by atoms with Crippen molar-refractivity contribution in [3.63, 3.8) is 0 Å². The normalized spacial score (nSPS) is 18.3. The number of fused-ring (bicyclic) bond motifs is 1. The molecule has 1 unspecified atom stereocenters. The smallest absolute Gasteiger partial charge is 0.248 e. The number of nitrogens with one attached hydrogen (secondary N) is 2. The van der Waals surface area contributed by atoms with Crippen molar-refractivity contribution in [2.45, 2.75) is 38.7 Å². The maximum atomic E-state index is 12.6. The number of hydrogen-bond donors (Lipinski definition) is 2. The largest absolute Gasteiger partial charge is 0.379 e. The fourth-order valence-corrected chi connectivity index (χ4v) is 3.54. The molecule has 0 aliphatic carbocycles. The minimum Gasteiger partial charge on any atom is -0.379 e. The van der Waals surface area contributed by atoms with Crippen molar-refractivity contribution in [2.75, 3.05) is 50.9 Å². The van der Waals surface area contributed by atoms with Crippen LogP contribution in [0.15, 0.2) is 29.3 Å². The van der Waals surface area contributed by atoms with Crippen LogP contribution in [0.25, 0.3) is 0 Å². The first kappa shape index (κ1) is 23.9. The molecule has 3 rings (SSSR count). The van der Waals surface area contributed by atoms with E-state index in [0.29, 0.717) is 19.2 Å². The lowest BCUT2D eigenvalue weighted by Crippen LogP contribution is -2.39. The summed E-state index contributed by atoms with van der Waals surface area (Å²) in [4.78, 5) is 18.9. The van der Waals surface area contributed by atoms with Crippen LogP contribution in [0.3, 0.4) is 0 Å². The van der Waals surface area contributed by atoms with Gasteiger partial charge >= 0.3 is 0 Å². The maximum absolute atomic E-state index is 12.6. The van der Waals surface area contributed by atoms with Crippen LogP contribution in [-0.2, 0) is 20.7 Å². The van der Waals surface area contributed by atoms with Gasteiger partial charge in [0.1, 0.15) is 6.54 Å². The molecule has 1 saturated heterocycles. The second-order valence-corrected chi connectivity index (χ2v) is 7.11. The molecule has 1 aromatic carbocycles. The Kier molecular flexibility index (Phi) is 10.7. The van der Waals surface area contributed by atoms with Crippen molar-refractivity contribution < 1.29 is 14.3 Å². The van der Waals surface area contributed by atoms with Crippen molar-refractivity contribution in [1.29, 1.82) is 0 Å². The highest BCUT2D eigenvalue weighted by atomic mass is 127. The van der Waals surface area contributed by atoms with Crippen LogP contribution in [0.4, 0.5) is 5.69 Å². The van der Waals surface area contributed by atoms with Gasteiger partial charge in [0.15, 0.2) is 5.96 Å². The summed E-state index contributed by atoms with van der Waals surface area (Å²) < 4.78 is 11.2. The number of rotatable bonds is 9. The predicted octanol–water partition coefficient (Wildman–Crippen LogP) is 2.33. The van der Waals surface area contributed by atoms with Gasteiger partial charge in [-0.3, -0.25) is 4.79 Å². The highest BCUT2D eigenvalue weighted by Gasteiger charge is 2.23. The van der Waals surface area contributed by atoms with Crippen LogP contribution >= 0.6 is 24.0 Å². The highest BCUT2D eigenvalue weighted by molar-refractivity contribution is 14.0. The van der Waals surface area contributed by atoms with E-state index < -0.39 is 0 Å². The first-order valence-corrected chi connectivity index (χ1v) is 10.4. The van der Waals surface area contributed by atoms with Crippen LogP contribution < -0.4 is 15.5 Å². The van der Waals surface area contributed by atoms with E-state index >= 15 is 0 Å². The average Bonchev–Trinajstić information content (AvgIpc) is 3.38. The van der Waals surface area contributed by atoms with E-state index in [2.05, 4.69) is 21.7 Å². The molecule has 0 radical (unpaired) electrons.